The molecule has 0 bridgehead atoms. The van der Waals surface area contributed by atoms with Gasteiger partial charge in [0.2, 0.25) is 5.91 Å². The van der Waals surface area contributed by atoms with E-state index in [0.717, 1.165) is 60.3 Å². The number of fused-ring (bicyclic) bond motifs is 1. The Morgan fingerprint density at radius 3 is 2.56 bits per heavy atom. The van der Waals surface area contributed by atoms with Crippen LogP contribution in [-0.4, -0.2) is 38.4 Å². The molecule has 4 aromatic rings. The summed E-state index contributed by atoms with van der Waals surface area (Å²) in [7, 11) is 0. The quantitative estimate of drug-likeness (QED) is 0.480. The summed E-state index contributed by atoms with van der Waals surface area (Å²) < 4.78 is 1.79. The van der Waals surface area contributed by atoms with Crippen molar-refractivity contribution in [2.24, 2.45) is 11.8 Å². The number of benzene rings is 2. The van der Waals surface area contributed by atoms with E-state index in [2.05, 4.69) is 41.4 Å². The third-order valence-corrected chi connectivity index (χ3v) is 7.13. The lowest BCUT2D eigenvalue weighted by molar-refractivity contribution is -0.131. The zero-order chi connectivity index (χ0) is 23.2. The Morgan fingerprint density at radius 2 is 1.76 bits per heavy atom. The van der Waals surface area contributed by atoms with E-state index < -0.39 is 0 Å². The maximum atomic E-state index is 13.0. The van der Waals surface area contributed by atoms with Gasteiger partial charge in [0.15, 0.2) is 0 Å². The molecule has 34 heavy (non-hydrogen) atoms. The number of nitrogens with zero attached hydrogens (tertiary/aromatic N) is 3. The summed E-state index contributed by atoms with van der Waals surface area (Å²) in [5.74, 6) is 1.51. The minimum Gasteiger partial charge on any atom is -0.361 e. The molecule has 6 rings (SSSR count). The predicted octanol–water partition coefficient (Wildman–Crippen LogP) is 4.63. The Kier molecular flexibility index (Phi) is 5.09. The van der Waals surface area contributed by atoms with Crippen LogP contribution in [0.2, 0.25) is 0 Å². The number of H-pyrrole nitrogens is 1. The minimum absolute atomic E-state index is 0.0317. The van der Waals surface area contributed by atoms with E-state index in [-0.39, 0.29) is 17.4 Å². The van der Waals surface area contributed by atoms with Crippen LogP contribution < -0.4 is 5.56 Å². The van der Waals surface area contributed by atoms with Crippen molar-refractivity contribution in [3.8, 4) is 22.5 Å². The van der Waals surface area contributed by atoms with Gasteiger partial charge in [0.1, 0.15) is 5.82 Å². The van der Waals surface area contributed by atoms with Crippen LogP contribution in [0.1, 0.15) is 25.0 Å². The molecule has 1 aliphatic carbocycles. The van der Waals surface area contributed by atoms with Crippen molar-refractivity contribution in [2.75, 3.05) is 13.1 Å². The lowest BCUT2D eigenvalue weighted by atomic mass is 10.0. The van der Waals surface area contributed by atoms with Gasteiger partial charge in [-0.25, -0.2) is 4.98 Å². The summed E-state index contributed by atoms with van der Waals surface area (Å²) in [6, 6.07) is 18.3. The molecule has 6 heteroatoms. The van der Waals surface area contributed by atoms with Crippen molar-refractivity contribution < 1.29 is 4.79 Å². The molecule has 2 aromatic carbocycles. The van der Waals surface area contributed by atoms with E-state index in [1.807, 2.05) is 30.2 Å². The molecule has 3 heterocycles. The van der Waals surface area contributed by atoms with Crippen LogP contribution in [0.25, 0.3) is 33.4 Å². The number of aryl methyl sites for hydroxylation is 1. The second-order valence-corrected chi connectivity index (χ2v) is 9.74. The molecule has 1 amide bonds. The molecule has 0 radical (unpaired) electrons. The van der Waals surface area contributed by atoms with Crippen LogP contribution in [-0.2, 0) is 11.3 Å². The molecule has 2 aliphatic rings. The Bertz CT molecular complexity index is 1430. The number of amides is 1. The van der Waals surface area contributed by atoms with Gasteiger partial charge < -0.3 is 9.88 Å². The molecule has 6 nitrogen and oxygen atoms in total. The Hall–Kier alpha value is -3.67. The van der Waals surface area contributed by atoms with Gasteiger partial charge in [-0.1, -0.05) is 36.4 Å². The predicted molar refractivity (Wildman–Crippen MR) is 133 cm³/mol. The largest absolute Gasteiger partial charge is 0.361 e. The van der Waals surface area contributed by atoms with Crippen molar-refractivity contribution in [3.05, 3.63) is 76.8 Å². The summed E-state index contributed by atoms with van der Waals surface area (Å²) >= 11 is 0. The fraction of sp³-hybridized carbons (Fsp3) is 0.321. The molecule has 1 saturated carbocycles. The third-order valence-electron chi connectivity index (χ3n) is 7.13. The monoisotopic (exact) mass is 452 g/mol. The van der Waals surface area contributed by atoms with Crippen molar-refractivity contribution in [3.63, 3.8) is 0 Å². The molecule has 1 N–H and O–H groups in total. The fourth-order valence-corrected chi connectivity index (χ4v) is 5.09. The lowest BCUT2D eigenvalue weighted by Gasteiger charge is -2.18. The van der Waals surface area contributed by atoms with Crippen molar-refractivity contribution in [1.29, 1.82) is 0 Å². The van der Waals surface area contributed by atoms with E-state index in [9.17, 15) is 9.59 Å². The molecule has 2 aromatic heterocycles. The first-order chi connectivity index (χ1) is 16.5. The Balaban J connectivity index is 1.27. The van der Waals surface area contributed by atoms with Crippen LogP contribution in [0.4, 0.5) is 0 Å². The molecule has 0 unspecified atom stereocenters. The van der Waals surface area contributed by atoms with Gasteiger partial charge in [-0.3, -0.25) is 14.2 Å². The zero-order valence-electron chi connectivity index (χ0n) is 19.3. The SMILES string of the molecule is Cc1cc(=O)n(C[C@@H]2CCN(C(=O)C3CC3)C2)c(-c2ccc(-c3ccc4cc[nH]c4c3)cc2)n1. The second kappa shape index (κ2) is 8.28. The zero-order valence-corrected chi connectivity index (χ0v) is 19.3. The average Bonchev–Trinajstić information content (AvgIpc) is 3.40. The summed E-state index contributed by atoms with van der Waals surface area (Å²) in [6.07, 6.45) is 4.94. The van der Waals surface area contributed by atoms with Gasteiger partial charge in [-0.05, 0) is 60.7 Å². The van der Waals surface area contributed by atoms with Gasteiger partial charge in [-0.15, -0.1) is 0 Å². The van der Waals surface area contributed by atoms with E-state index in [4.69, 9.17) is 4.98 Å². The van der Waals surface area contributed by atoms with Crippen molar-refractivity contribution in [2.45, 2.75) is 32.7 Å². The van der Waals surface area contributed by atoms with Gasteiger partial charge in [0.25, 0.3) is 5.56 Å². The molecule has 172 valence electrons. The molecular formula is C28H28N4O2. The highest BCUT2D eigenvalue weighted by Crippen LogP contribution is 2.33. The number of aromatic nitrogens is 3. The highest BCUT2D eigenvalue weighted by molar-refractivity contribution is 5.85. The van der Waals surface area contributed by atoms with E-state index in [0.29, 0.717) is 18.3 Å². The van der Waals surface area contributed by atoms with E-state index in [1.165, 1.54) is 5.39 Å². The summed E-state index contributed by atoms with van der Waals surface area (Å²) in [4.78, 5) is 35.4. The minimum atomic E-state index is -0.0317. The first-order valence-electron chi connectivity index (χ1n) is 12.1. The first-order valence-corrected chi connectivity index (χ1v) is 12.1. The number of aromatic amines is 1. The molecular weight excluding hydrogens is 424 g/mol. The van der Waals surface area contributed by atoms with Crippen LogP contribution in [0.3, 0.4) is 0 Å². The van der Waals surface area contributed by atoms with Gasteiger partial charge in [-0.2, -0.15) is 0 Å². The van der Waals surface area contributed by atoms with Crippen molar-refractivity contribution >= 4 is 16.8 Å². The highest BCUT2D eigenvalue weighted by atomic mass is 16.2. The molecule has 0 spiro atoms. The average molecular weight is 453 g/mol. The number of nitrogens with one attached hydrogen (secondary N) is 1. The summed E-state index contributed by atoms with van der Waals surface area (Å²) in [6.45, 7) is 3.97. The van der Waals surface area contributed by atoms with Crippen LogP contribution in [0.5, 0.6) is 0 Å². The highest BCUT2D eigenvalue weighted by Gasteiger charge is 2.36. The summed E-state index contributed by atoms with van der Waals surface area (Å²) in [5, 5.41) is 1.19. The standard InChI is InChI=1S/C28H28N4O2/c1-18-14-26(33)32(17-19-11-13-31(16-19)28(34)23-7-8-23)27(30-18)22-5-2-20(3-6-22)24-9-4-21-10-12-29-25(21)15-24/h2-6,9-10,12,14-15,19,23,29H,7-8,11,13,16-17H2,1H3/t19-/m1/s1. The van der Waals surface area contributed by atoms with E-state index in [1.54, 1.807) is 10.6 Å². The van der Waals surface area contributed by atoms with Crippen LogP contribution >= 0.6 is 0 Å². The first kappa shape index (κ1) is 20.9. The van der Waals surface area contributed by atoms with Gasteiger partial charge in [0.05, 0.1) is 0 Å². The Morgan fingerprint density at radius 1 is 1.00 bits per heavy atom. The number of hydrogen-bond donors (Lipinski definition) is 1. The van der Waals surface area contributed by atoms with Crippen LogP contribution in [0, 0.1) is 18.8 Å². The number of rotatable bonds is 5. The smallest absolute Gasteiger partial charge is 0.253 e. The molecule has 2 fully saturated rings. The molecule has 1 aliphatic heterocycles. The van der Waals surface area contributed by atoms with Gasteiger partial charge in [0, 0.05) is 54.6 Å². The van der Waals surface area contributed by atoms with E-state index >= 15 is 0 Å². The van der Waals surface area contributed by atoms with Gasteiger partial charge >= 0.3 is 0 Å². The Labute approximate surface area is 198 Å². The number of carbonyl (C=O) groups excluding carboxylic acids is 1. The van der Waals surface area contributed by atoms with Crippen molar-refractivity contribution in [1.82, 2.24) is 19.4 Å². The number of hydrogen-bond acceptors (Lipinski definition) is 3. The molecule has 1 atom stereocenters. The van der Waals surface area contributed by atoms with Crippen LogP contribution in [0.15, 0.2) is 65.6 Å². The normalized spacial score (nSPS) is 18.0. The topological polar surface area (TPSA) is 71.0 Å². The summed E-state index contributed by atoms with van der Waals surface area (Å²) in [5.41, 5.74) is 4.98. The number of likely N-dealkylation sites (tertiary alicyclic amines) is 1. The maximum absolute atomic E-state index is 13.0. The fourth-order valence-electron chi connectivity index (χ4n) is 5.09. The second-order valence-electron chi connectivity index (χ2n) is 9.74. The maximum Gasteiger partial charge on any atom is 0.253 e. The molecule has 1 saturated heterocycles. The lowest BCUT2D eigenvalue weighted by Crippen LogP contribution is -2.32. The third kappa shape index (κ3) is 3.94. The number of carbonyl (C=O) groups is 1.